The van der Waals surface area contributed by atoms with Crippen LogP contribution in [0, 0.1) is 20.8 Å². The average molecular weight is 565 g/mol. The highest BCUT2D eigenvalue weighted by atomic mass is 15.4. The van der Waals surface area contributed by atoms with Gasteiger partial charge in [0.15, 0.2) is 17.5 Å². The lowest BCUT2D eigenvalue weighted by Gasteiger charge is -2.40. The summed E-state index contributed by atoms with van der Waals surface area (Å²) in [6, 6.07) is 33.9. The van der Waals surface area contributed by atoms with E-state index in [1.54, 1.807) is 0 Å². The molecule has 0 amide bonds. The van der Waals surface area contributed by atoms with Crippen molar-refractivity contribution in [1.82, 2.24) is 9.78 Å². The number of fused-ring (bicyclic) bond motifs is 4. The molecule has 1 aromatic heterocycles. The number of aliphatic imine (C=N–C) groups is 2. The Morgan fingerprint density at radius 2 is 1.49 bits per heavy atom. The van der Waals surface area contributed by atoms with Crippen LogP contribution in [-0.4, -0.2) is 21.5 Å². The van der Waals surface area contributed by atoms with Gasteiger partial charge in [-0.1, -0.05) is 87.5 Å². The molecule has 0 aliphatic carbocycles. The van der Waals surface area contributed by atoms with Crippen molar-refractivity contribution in [3.05, 3.63) is 131 Å². The molecule has 0 unspecified atom stereocenters. The van der Waals surface area contributed by atoms with Crippen molar-refractivity contribution in [2.75, 3.05) is 10.2 Å². The van der Waals surface area contributed by atoms with Crippen molar-refractivity contribution >= 4 is 34.6 Å². The average Bonchev–Trinajstić information content (AvgIpc) is 3.34. The Morgan fingerprint density at radius 1 is 0.767 bits per heavy atom. The number of aryl methyl sites for hydroxylation is 3. The first-order chi connectivity index (χ1) is 20.7. The van der Waals surface area contributed by atoms with E-state index in [9.17, 15) is 0 Å². The van der Waals surface area contributed by atoms with E-state index in [0.717, 1.165) is 51.2 Å². The Labute approximate surface area is 253 Å². The maximum atomic E-state index is 5.38. The monoisotopic (exact) mass is 564 g/mol. The largest absolute Gasteiger partial charge is 0.337 e. The van der Waals surface area contributed by atoms with Gasteiger partial charge in [0.05, 0.1) is 28.8 Å². The second-order valence-corrected chi connectivity index (χ2v) is 12.5. The SMILES string of the molecule is Cc1ccc(C)c(NC2=Nc3ccccc3N3C2=Nc2c(c(C)nn2-c2ccccc2)[C@H]3c2ccc(C(C)(C)C)cc2)c1. The van der Waals surface area contributed by atoms with E-state index in [4.69, 9.17) is 15.1 Å². The van der Waals surface area contributed by atoms with Gasteiger partial charge >= 0.3 is 0 Å². The van der Waals surface area contributed by atoms with Crippen LogP contribution in [0.1, 0.15) is 60.3 Å². The van der Waals surface area contributed by atoms with Crippen LogP contribution in [0.25, 0.3) is 5.69 Å². The topological polar surface area (TPSA) is 57.8 Å². The molecule has 3 heterocycles. The smallest absolute Gasteiger partial charge is 0.179 e. The van der Waals surface area contributed by atoms with Gasteiger partial charge in [0.1, 0.15) is 0 Å². The van der Waals surface area contributed by atoms with E-state index in [2.05, 4.69) is 125 Å². The van der Waals surface area contributed by atoms with Crippen LogP contribution >= 0.6 is 0 Å². The second-order valence-electron chi connectivity index (χ2n) is 12.5. The molecule has 0 radical (unpaired) electrons. The summed E-state index contributed by atoms with van der Waals surface area (Å²) in [7, 11) is 0. The molecule has 7 rings (SSSR count). The highest BCUT2D eigenvalue weighted by Gasteiger charge is 2.41. The van der Waals surface area contributed by atoms with E-state index in [-0.39, 0.29) is 11.5 Å². The summed E-state index contributed by atoms with van der Waals surface area (Å²) in [5, 5.41) is 8.74. The third kappa shape index (κ3) is 4.63. The molecule has 6 heteroatoms. The summed E-state index contributed by atoms with van der Waals surface area (Å²) >= 11 is 0. The highest BCUT2D eigenvalue weighted by Crippen LogP contribution is 2.48. The van der Waals surface area contributed by atoms with Gasteiger partial charge in [0.25, 0.3) is 0 Å². The number of aromatic nitrogens is 2. The van der Waals surface area contributed by atoms with Gasteiger partial charge < -0.3 is 10.2 Å². The van der Waals surface area contributed by atoms with Crippen LogP contribution in [0.2, 0.25) is 0 Å². The Morgan fingerprint density at radius 3 is 2.23 bits per heavy atom. The first-order valence-electron chi connectivity index (χ1n) is 14.8. The van der Waals surface area contributed by atoms with Gasteiger partial charge in [-0.3, -0.25) is 0 Å². The third-order valence-corrected chi connectivity index (χ3v) is 8.38. The van der Waals surface area contributed by atoms with Gasteiger partial charge in [0.2, 0.25) is 0 Å². The zero-order valence-corrected chi connectivity index (χ0v) is 25.6. The summed E-state index contributed by atoms with van der Waals surface area (Å²) in [6.45, 7) is 13.1. The van der Waals surface area contributed by atoms with Crippen LogP contribution in [0.4, 0.5) is 22.9 Å². The van der Waals surface area contributed by atoms with Crippen molar-refractivity contribution < 1.29 is 0 Å². The van der Waals surface area contributed by atoms with E-state index in [1.807, 2.05) is 28.9 Å². The molecule has 2 aliphatic heterocycles. The summed E-state index contributed by atoms with van der Waals surface area (Å²) in [5.41, 5.74) is 10.8. The van der Waals surface area contributed by atoms with Crippen molar-refractivity contribution in [3.8, 4) is 5.69 Å². The highest BCUT2D eigenvalue weighted by molar-refractivity contribution is 6.51. The maximum absolute atomic E-state index is 5.38. The second kappa shape index (κ2) is 10.1. The lowest BCUT2D eigenvalue weighted by molar-refractivity contribution is 0.589. The fourth-order valence-electron chi connectivity index (χ4n) is 6.03. The zero-order chi connectivity index (χ0) is 29.9. The molecule has 214 valence electrons. The fourth-order valence-corrected chi connectivity index (χ4v) is 6.03. The van der Waals surface area contributed by atoms with Crippen LogP contribution in [0.5, 0.6) is 0 Å². The summed E-state index contributed by atoms with van der Waals surface area (Å²) < 4.78 is 1.97. The molecule has 6 nitrogen and oxygen atoms in total. The first kappa shape index (κ1) is 26.9. The minimum absolute atomic E-state index is 0.0597. The lowest BCUT2D eigenvalue weighted by atomic mass is 9.85. The molecular formula is C37H36N6. The van der Waals surface area contributed by atoms with E-state index in [0.29, 0.717) is 5.84 Å². The molecule has 1 N–H and O–H groups in total. The Bertz CT molecular complexity index is 1910. The number of anilines is 2. The predicted octanol–water partition coefficient (Wildman–Crippen LogP) is 8.89. The Hall–Kier alpha value is -4.97. The number of hydrogen-bond acceptors (Lipinski definition) is 5. The third-order valence-electron chi connectivity index (χ3n) is 8.38. The van der Waals surface area contributed by atoms with Gasteiger partial charge in [0, 0.05) is 11.3 Å². The minimum atomic E-state index is -0.152. The number of amidine groups is 2. The first-order valence-corrected chi connectivity index (χ1v) is 14.8. The van der Waals surface area contributed by atoms with Crippen molar-refractivity contribution in [1.29, 1.82) is 0 Å². The summed E-state index contributed by atoms with van der Waals surface area (Å²) in [4.78, 5) is 12.9. The van der Waals surface area contributed by atoms with Crippen molar-refractivity contribution in [2.45, 2.75) is 53.0 Å². The maximum Gasteiger partial charge on any atom is 0.179 e. The molecule has 2 aliphatic rings. The fraction of sp³-hybridized carbons (Fsp3) is 0.216. The van der Waals surface area contributed by atoms with Gasteiger partial charge in [-0.2, -0.15) is 5.10 Å². The molecule has 1 atom stereocenters. The van der Waals surface area contributed by atoms with Gasteiger partial charge in [-0.05, 0) is 78.8 Å². The van der Waals surface area contributed by atoms with Gasteiger partial charge in [-0.15, -0.1) is 0 Å². The number of rotatable bonds is 3. The molecule has 5 aromatic rings. The number of para-hydroxylation sites is 3. The molecule has 0 spiro atoms. The minimum Gasteiger partial charge on any atom is -0.337 e. The Kier molecular flexibility index (Phi) is 6.31. The van der Waals surface area contributed by atoms with E-state index in [1.165, 1.54) is 16.7 Å². The normalized spacial score (nSPS) is 15.7. The zero-order valence-electron chi connectivity index (χ0n) is 25.6. The van der Waals surface area contributed by atoms with Crippen LogP contribution in [-0.2, 0) is 5.41 Å². The Balaban J connectivity index is 1.48. The van der Waals surface area contributed by atoms with E-state index >= 15 is 0 Å². The number of benzene rings is 4. The molecule has 4 aromatic carbocycles. The van der Waals surface area contributed by atoms with Crippen molar-refractivity contribution in [2.24, 2.45) is 9.98 Å². The summed E-state index contributed by atoms with van der Waals surface area (Å²) in [5.74, 6) is 2.32. The number of nitrogens with one attached hydrogen (secondary N) is 1. The van der Waals surface area contributed by atoms with Crippen LogP contribution in [0.3, 0.4) is 0 Å². The molecule has 0 fully saturated rings. The quantitative estimate of drug-likeness (QED) is 0.238. The summed E-state index contributed by atoms with van der Waals surface area (Å²) in [6.07, 6.45) is 0. The molecular weight excluding hydrogens is 528 g/mol. The number of nitrogens with zero attached hydrogens (tertiary/aromatic N) is 5. The number of hydrogen-bond donors (Lipinski definition) is 1. The van der Waals surface area contributed by atoms with E-state index < -0.39 is 0 Å². The molecule has 0 bridgehead atoms. The standard InChI is InChI=1S/C37H36N6/c1-23-16-17-24(2)30(22-23)39-34-36-40-35-32(25(3)41-43(35)28-12-8-7-9-13-28)33(26-18-20-27(21-19-26)37(4,5)6)42(36)31-15-11-10-14-29(31)38-34/h7-22,33H,1-6H3,(H,38,39)/t33-/m1/s1. The lowest BCUT2D eigenvalue weighted by Crippen LogP contribution is -2.46. The van der Waals surface area contributed by atoms with Crippen molar-refractivity contribution in [3.63, 3.8) is 0 Å². The van der Waals surface area contributed by atoms with Crippen LogP contribution < -0.4 is 10.2 Å². The van der Waals surface area contributed by atoms with Gasteiger partial charge in [-0.25, -0.2) is 14.7 Å². The predicted molar refractivity (Wildman–Crippen MR) is 178 cm³/mol. The molecule has 43 heavy (non-hydrogen) atoms. The molecule has 0 saturated heterocycles. The van der Waals surface area contributed by atoms with Crippen LogP contribution in [0.15, 0.2) is 107 Å². The molecule has 0 saturated carbocycles.